The lowest BCUT2D eigenvalue weighted by Gasteiger charge is -1.96. The summed E-state index contributed by atoms with van der Waals surface area (Å²) in [5.74, 6) is 0.759. The molecule has 0 heterocycles. The van der Waals surface area contributed by atoms with E-state index in [-0.39, 0.29) is 0 Å². The van der Waals surface area contributed by atoms with Gasteiger partial charge in [-0.25, -0.2) is 0 Å². The van der Waals surface area contributed by atoms with Gasteiger partial charge in [0.1, 0.15) is 7.11 Å². The van der Waals surface area contributed by atoms with Crippen LogP contribution in [0.15, 0.2) is 5.16 Å². The second kappa shape index (κ2) is 2.85. The van der Waals surface area contributed by atoms with Gasteiger partial charge in [0.25, 0.3) is 0 Å². The van der Waals surface area contributed by atoms with Gasteiger partial charge in [0.05, 0.1) is 5.71 Å². The van der Waals surface area contributed by atoms with E-state index in [1.54, 1.807) is 7.11 Å². The van der Waals surface area contributed by atoms with Crippen molar-refractivity contribution in [2.75, 3.05) is 7.11 Å². The predicted molar refractivity (Wildman–Crippen MR) is 37.5 cm³/mol. The van der Waals surface area contributed by atoms with Gasteiger partial charge in [-0.2, -0.15) is 0 Å². The number of oxime groups is 1. The normalized spacial score (nSPS) is 20.0. The summed E-state index contributed by atoms with van der Waals surface area (Å²) in [4.78, 5) is 4.68. The van der Waals surface area contributed by atoms with Crippen molar-refractivity contribution >= 4 is 5.71 Å². The van der Waals surface area contributed by atoms with Gasteiger partial charge in [-0.05, 0) is 19.3 Å². The summed E-state index contributed by atoms with van der Waals surface area (Å²) in [5.41, 5.74) is 1.23. The van der Waals surface area contributed by atoms with Crippen LogP contribution in [0.25, 0.3) is 0 Å². The second-order valence-corrected chi connectivity index (χ2v) is 2.39. The molecule has 0 amide bonds. The van der Waals surface area contributed by atoms with Crippen molar-refractivity contribution in [3.8, 4) is 0 Å². The lowest BCUT2D eigenvalue weighted by Crippen LogP contribution is -1.98. The van der Waals surface area contributed by atoms with Crippen LogP contribution < -0.4 is 0 Å². The Bertz CT molecular complexity index is 116. The van der Waals surface area contributed by atoms with Crippen molar-refractivity contribution < 1.29 is 4.84 Å². The molecule has 1 aliphatic rings. The lowest BCUT2D eigenvalue weighted by molar-refractivity contribution is 0.211. The van der Waals surface area contributed by atoms with Gasteiger partial charge in [0.15, 0.2) is 0 Å². The fourth-order valence-corrected chi connectivity index (χ4v) is 0.962. The fraction of sp³-hybridized carbons (Fsp3) is 0.857. The molecule has 0 unspecified atom stereocenters. The quantitative estimate of drug-likeness (QED) is 0.418. The van der Waals surface area contributed by atoms with E-state index in [0.29, 0.717) is 0 Å². The van der Waals surface area contributed by atoms with Crippen LogP contribution in [0.3, 0.4) is 0 Å². The standard InChI is InChI=1S/C7H13NO/c1-3-7(8-9-2)6-4-5-6/h6H,3-5H2,1-2H3/b8-7+. The van der Waals surface area contributed by atoms with Crippen LogP contribution in [0.5, 0.6) is 0 Å². The Morgan fingerprint density at radius 3 is 2.67 bits per heavy atom. The molecule has 0 aromatic heterocycles. The predicted octanol–water partition coefficient (Wildman–Crippen LogP) is 1.81. The molecule has 0 N–H and O–H groups in total. The van der Waals surface area contributed by atoms with Crippen molar-refractivity contribution in [2.24, 2.45) is 11.1 Å². The summed E-state index contributed by atoms with van der Waals surface area (Å²) in [6, 6.07) is 0. The highest BCUT2D eigenvalue weighted by Crippen LogP contribution is 2.31. The van der Waals surface area contributed by atoms with Gasteiger partial charge in [0.2, 0.25) is 0 Å². The van der Waals surface area contributed by atoms with Crippen molar-refractivity contribution in [3.05, 3.63) is 0 Å². The second-order valence-electron chi connectivity index (χ2n) is 2.39. The molecule has 9 heavy (non-hydrogen) atoms. The van der Waals surface area contributed by atoms with Crippen molar-refractivity contribution in [1.82, 2.24) is 0 Å². The Labute approximate surface area is 55.9 Å². The van der Waals surface area contributed by atoms with Gasteiger partial charge in [0, 0.05) is 5.92 Å². The highest BCUT2D eigenvalue weighted by atomic mass is 16.6. The fourth-order valence-electron chi connectivity index (χ4n) is 0.962. The Kier molecular flexibility index (Phi) is 2.09. The van der Waals surface area contributed by atoms with E-state index in [1.807, 2.05) is 0 Å². The van der Waals surface area contributed by atoms with Gasteiger partial charge in [-0.1, -0.05) is 12.1 Å². The summed E-state index contributed by atoms with van der Waals surface area (Å²) in [5, 5.41) is 3.92. The molecule has 1 aliphatic carbocycles. The van der Waals surface area contributed by atoms with E-state index in [0.717, 1.165) is 12.3 Å². The van der Waals surface area contributed by atoms with E-state index in [2.05, 4.69) is 16.9 Å². The maximum atomic E-state index is 4.68. The number of hydrogen-bond acceptors (Lipinski definition) is 2. The zero-order valence-electron chi connectivity index (χ0n) is 6.05. The van der Waals surface area contributed by atoms with Crippen LogP contribution in [0.2, 0.25) is 0 Å². The van der Waals surface area contributed by atoms with Crippen LogP contribution in [0, 0.1) is 5.92 Å². The Balaban J connectivity index is 2.37. The minimum Gasteiger partial charge on any atom is -0.399 e. The molecule has 1 saturated carbocycles. The monoisotopic (exact) mass is 127 g/mol. The first kappa shape index (κ1) is 6.59. The first-order chi connectivity index (χ1) is 4.38. The van der Waals surface area contributed by atoms with Crippen LogP contribution in [0.4, 0.5) is 0 Å². The maximum absolute atomic E-state index is 4.68. The molecule has 0 spiro atoms. The third-order valence-corrected chi connectivity index (χ3v) is 1.62. The first-order valence-corrected chi connectivity index (χ1v) is 3.48. The minimum absolute atomic E-state index is 0.759. The molecular formula is C7H13NO. The summed E-state index contributed by atoms with van der Waals surface area (Å²) >= 11 is 0. The molecule has 1 rings (SSSR count). The molecule has 2 nitrogen and oxygen atoms in total. The molecule has 52 valence electrons. The molecule has 0 aliphatic heterocycles. The summed E-state index contributed by atoms with van der Waals surface area (Å²) in [6.45, 7) is 2.12. The molecule has 0 radical (unpaired) electrons. The Morgan fingerprint density at radius 1 is 1.67 bits per heavy atom. The van der Waals surface area contributed by atoms with E-state index < -0.39 is 0 Å². The molecular weight excluding hydrogens is 114 g/mol. The smallest absolute Gasteiger partial charge is 0.106 e. The molecule has 2 heteroatoms. The van der Waals surface area contributed by atoms with E-state index in [4.69, 9.17) is 0 Å². The average Bonchev–Trinajstić information content (AvgIpc) is 2.64. The SMILES string of the molecule is CC/C(=N\OC)C1CC1. The van der Waals surface area contributed by atoms with Gasteiger partial charge < -0.3 is 4.84 Å². The van der Waals surface area contributed by atoms with Crippen molar-refractivity contribution in [2.45, 2.75) is 26.2 Å². The number of hydrogen-bond donors (Lipinski definition) is 0. The summed E-state index contributed by atoms with van der Waals surface area (Å²) in [6.07, 6.45) is 3.67. The highest BCUT2D eigenvalue weighted by Gasteiger charge is 2.26. The Morgan fingerprint density at radius 2 is 2.33 bits per heavy atom. The van der Waals surface area contributed by atoms with Gasteiger partial charge in [-0.15, -0.1) is 0 Å². The van der Waals surface area contributed by atoms with Crippen LogP contribution in [-0.2, 0) is 4.84 Å². The number of nitrogens with zero attached hydrogens (tertiary/aromatic N) is 1. The molecule has 0 atom stereocenters. The highest BCUT2D eigenvalue weighted by molar-refractivity contribution is 5.87. The maximum Gasteiger partial charge on any atom is 0.106 e. The van der Waals surface area contributed by atoms with Gasteiger partial charge in [-0.3, -0.25) is 0 Å². The van der Waals surface area contributed by atoms with Crippen molar-refractivity contribution in [1.29, 1.82) is 0 Å². The zero-order chi connectivity index (χ0) is 6.69. The zero-order valence-corrected chi connectivity index (χ0v) is 6.05. The van der Waals surface area contributed by atoms with E-state index in [1.165, 1.54) is 18.6 Å². The Hall–Kier alpha value is -0.530. The van der Waals surface area contributed by atoms with E-state index >= 15 is 0 Å². The molecule has 0 bridgehead atoms. The molecule has 0 aromatic carbocycles. The van der Waals surface area contributed by atoms with Crippen LogP contribution in [-0.4, -0.2) is 12.8 Å². The third kappa shape index (κ3) is 1.70. The summed E-state index contributed by atoms with van der Waals surface area (Å²) in [7, 11) is 1.61. The lowest BCUT2D eigenvalue weighted by atomic mass is 10.2. The first-order valence-electron chi connectivity index (χ1n) is 3.48. The average molecular weight is 127 g/mol. The summed E-state index contributed by atoms with van der Waals surface area (Å²) < 4.78 is 0. The van der Waals surface area contributed by atoms with Gasteiger partial charge >= 0.3 is 0 Å². The molecule has 1 fully saturated rings. The van der Waals surface area contributed by atoms with E-state index in [9.17, 15) is 0 Å². The third-order valence-electron chi connectivity index (χ3n) is 1.62. The van der Waals surface area contributed by atoms with Crippen molar-refractivity contribution in [3.63, 3.8) is 0 Å². The van der Waals surface area contributed by atoms with Crippen LogP contribution >= 0.6 is 0 Å². The molecule has 0 saturated heterocycles. The largest absolute Gasteiger partial charge is 0.399 e. The topological polar surface area (TPSA) is 21.6 Å². The van der Waals surface area contributed by atoms with Crippen LogP contribution in [0.1, 0.15) is 26.2 Å². The minimum atomic E-state index is 0.759. The number of rotatable bonds is 3. The molecule has 0 aromatic rings.